The van der Waals surface area contributed by atoms with Gasteiger partial charge in [-0.2, -0.15) is 0 Å². The van der Waals surface area contributed by atoms with Crippen LogP contribution in [0.5, 0.6) is 5.75 Å². The summed E-state index contributed by atoms with van der Waals surface area (Å²) in [5.74, 6) is 1.98. The summed E-state index contributed by atoms with van der Waals surface area (Å²) < 4.78 is 18.0. The number of guanidine groups is 1. The van der Waals surface area contributed by atoms with E-state index in [0.29, 0.717) is 24.9 Å². The minimum absolute atomic E-state index is 0. The van der Waals surface area contributed by atoms with Crippen LogP contribution in [0, 0.1) is 0 Å². The van der Waals surface area contributed by atoms with Crippen molar-refractivity contribution >= 4 is 29.9 Å². The number of halogens is 1. The maximum atomic E-state index is 6.17. The van der Waals surface area contributed by atoms with E-state index in [0.717, 1.165) is 69.4 Å². The molecule has 2 heterocycles. The van der Waals surface area contributed by atoms with E-state index in [4.69, 9.17) is 19.2 Å². The second-order valence-electron chi connectivity index (χ2n) is 8.60. The van der Waals surface area contributed by atoms with Crippen LogP contribution >= 0.6 is 24.0 Å². The summed E-state index contributed by atoms with van der Waals surface area (Å²) in [7, 11) is 0. The van der Waals surface area contributed by atoms with E-state index >= 15 is 0 Å². The van der Waals surface area contributed by atoms with Crippen LogP contribution in [0.3, 0.4) is 0 Å². The highest BCUT2D eigenvalue weighted by atomic mass is 127. The van der Waals surface area contributed by atoms with Crippen LogP contribution in [-0.2, 0) is 16.0 Å². The molecule has 4 rings (SSSR count). The van der Waals surface area contributed by atoms with Crippen LogP contribution < -0.4 is 10.1 Å². The van der Waals surface area contributed by atoms with E-state index in [9.17, 15) is 0 Å². The molecule has 1 aromatic carbocycles. The van der Waals surface area contributed by atoms with E-state index in [1.807, 2.05) is 6.07 Å². The van der Waals surface area contributed by atoms with Gasteiger partial charge in [-0.3, -0.25) is 0 Å². The molecule has 3 aliphatic rings. The highest BCUT2D eigenvalue weighted by molar-refractivity contribution is 14.0. The van der Waals surface area contributed by atoms with Crippen molar-refractivity contribution in [2.45, 2.75) is 76.7 Å². The maximum Gasteiger partial charge on any atom is 0.194 e. The number of para-hydroxylation sites is 1. The number of hydrogen-bond donors (Lipinski definition) is 1. The Morgan fingerprint density at radius 3 is 2.58 bits per heavy atom. The van der Waals surface area contributed by atoms with Gasteiger partial charge in [-0.1, -0.05) is 18.2 Å². The summed E-state index contributed by atoms with van der Waals surface area (Å²) in [6.07, 6.45) is 9.05. The normalized spacial score (nSPS) is 22.7. The summed E-state index contributed by atoms with van der Waals surface area (Å²) in [6, 6.07) is 8.33. The molecule has 0 amide bonds. The first-order chi connectivity index (χ1) is 14.8. The van der Waals surface area contributed by atoms with E-state index in [2.05, 4.69) is 35.3 Å². The molecule has 0 bridgehead atoms. The van der Waals surface area contributed by atoms with Crippen LogP contribution in [0.25, 0.3) is 0 Å². The number of aliphatic imine (C=N–C) groups is 1. The molecule has 1 N–H and O–H groups in total. The SMILES string of the molecule is CCNC(=NCc1ccccc1OC1CCC1)N1CCC(OCC2CCCO2)CC1.I. The Kier molecular flexibility index (Phi) is 10.2. The zero-order valence-corrected chi connectivity index (χ0v) is 21.1. The Morgan fingerprint density at radius 2 is 1.90 bits per heavy atom. The third-order valence-corrected chi connectivity index (χ3v) is 6.34. The number of likely N-dealkylation sites (tertiary alicyclic amines) is 1. The molecular formula is C24H38IN3O3. The Morgan fingerprint density at radius 1 is 1.10 bits per heavy atom. The van der Waals surface area contributed by atoms with Gasteiger partial charge in [-0.15, -0.1) is 24.0 Å². The van der Waals surface area contributed by atoms with Crippen molar-refractivity contribution in [1.29, 1.82) is 0 Å². The number of nitrogens with zero attached hydrogens (tertiary/aromatic N) is 2. The summed E-state index contributed by atoms with van der Waals surface area (Å²) >= 11 is 0. The lowest BCUT2D eigenvalue weighted by Gasteiger charge is -2.34. The second-order valence-corrected chi connectivity index (χ2v) is 8.60. The van der Waals surface area contributed by atoms with E-state index in [1.54, 1.807) is 0 Å². The molecule has 1 saturated carbocycles. The Hall–Kier alpha value is -1.06. The Labute approximate surface area is 204 Å². The number of rotatable bonds is 8. The number of piperidine rings is 1. The molecule has 1 unspecified atom stereocenters. The zero-order chi connectivity index (χ0) is 20.6. The maximum absolute atomic E-state index is 6.17. The molecule has 0 aromatic heterocycles. The molecule has 6 nitrogen and oxygen atoms in total. The van der Waals surface area contributed by atoms with Gasteiger partial charge in [0.05, 0.1) is 31.5 Å². The van der Waals surface area contributed by atoms with Gasteiger partial charge < -0.3 is 24.4 Å². The number of nitrogens with one attached hydrogen (secondary N) is 1. The molecule has 174 valence electrons. The molecule has 0 spiro atoms. The molecule has 7 heteroatoms. The summed E-state index contributed by atoms with van der Waals surface area (Å²) in [5, 5.41) is 3.47. The average Bonchev–Trinajstić information content (AvgIpc) is 3.27. The molecule has 2 saturated heterocycles. The fourth-order valence-electron chi connectivity index (χ4n) is 4.26. The third-order valence-electron chi connectivity index (χ3n) is 6.34. The van der Waals surface area contributed by atoms with Crippen molar-refractivity contribution < 1.29 is 14.2 Å². The lowest BCUT2D eigenvalue weighted by Crippen LogP contribution is -2.47. The Bertz CT molecular complexity index is 684. The fourth-order valence-corrected chi connectivity index (χ4v) is 4.26. The van der Waals surface area contributed by atoms with Crippen LogP contribution in [0.1, 0.15) is 57.4 Å². The summed E-state index contributed by atoms with van der Waals surface area (Å²) in [6.45, 7) is 7.22. The van der Waals surface area contributed by atoms with E-state index in [1.165, 1.54) is 25.7 Å². The molecule has 2 aliphatic heterocycles. The van der Waals surface area contributed by atoms with Crippen molar-refractivity contribution in [1.82, 2.24) is 10.2 Å². The smallest absolute Gasteiger partial charge is 0.194 e. The van der Waals surface area contributed by atoms with Crippen molar-refractivity contribution in [3.63, 3.8) is 0 Å². The van der Waals surface area contributed by atoms with Gasteiger partial charge in [0, 0.05) is 31.8 Å². The number of hydrogen-bond acceptors (Lipinski definition) is 4. The first kappa shape index (κ1) is 24.6. The van der Waals surface area contributed by atoms with Gasteiger partial charge in [-0.25, -0.2) is 4.99 Å². The summed E-state index contributed by atoms with van der Waals surface area (Å²) in [5.41, 5.74) is 1.16. The molecule has 1 aliphatic carbocycles. The van der Waals surface area contributed by atoms with Crippen molar-refractivity contribution in [3.8, 4) is 5.75 Å². The molecule has 1 atom stereocenters. The number of benzene rings is 1. The third kappa shape index (κ3) is 7.22. The van der Waals surface area contributed by atoms with Crippen molar-refractivity contribution in [3.05, 3.63) is 29.8 Å². The standard InChI is InChI=1S/C24H37N3O3.HI/c1-2-25-24(26-17-19-7-3-4-11-23(19)30-21-8-5-9-21)27-14-12-20(13-15-27)29-18-22-10-6-16-28-22;/h3-4,7,11,20-22H,2,5-6,8-10,12-18H2,1H3,(H,25,26);1H. The first-order valence-electron chi connectivity index (χ1n) is 11.8. The van der Waals surface area contributed by atoms with Gasteiger partial charge in [-0.05, 0) is 57.9 Å². The second kappa shape index (κ2) is 12.8. The van der Waals surface area contributed by atoms with Gasteiger partial charge in [0.2, 0.25) is 0 Å². The van der Waals surface area contributed by atoms with Crippen LogP contribution in [-0.4, -0.2) is 62.0 Å². The fraction of sp³-hybridized carbons (Fsp3) is 0.708. The number of ether oxygens (including phenoxy) is 3. The quantitative estimate of drug-likeness (QED) is 0.300. The molecular weight excluding hydrogens is 505 g/mol. The molecule has 3 fully saturated rings. The Balaban J connectivity index is 0.00000272. The summed E-state index contributed by atoms with van der Waals surface area (Å²) in [4.78, 5) is 7.31. The van der Waals surface area contributed by atoms with E-state index < -0.39 is 0 Å². The predicted octanol–water partition coefficient (Wildman–Crippen LogP) is 4.36. The highest BCUT2D eigenvalue weighted by Gasteiger charge is 2.24. The highest BCUT2D eigenvalue weighted by Crippen LogP contribution is 2.28. The topological polar surface area (TPSA) is 55.3 Å². The van der Waals surface area contributed by atoms with Crippen LogP contribution in [0.15, 0.2) is 29.3 Å². The first-order valence-corrected chi connectivity index (χ1v) is 11.8. The van der Waals surface area contributed by atoms with Crippen molar-refractivity contribution in [2.24, 2.45) is 4.99 Å². The largest absolute Gasteiger partial charge is 0.490 e. The lowest BCUT2D eigenvalue weighted by atomic mass is 9.96. The van der Waals surface area contributed by atoms with Crippen LogP contribution in [0.2, 0.25) is 0 Å². The predicted molar refractivity (Wildman–Crippen MR) is 134 cm³/mol. The average molecular weight is 543 g/mol. The molecule has 1 aromatic rings. The van der Waals surface area contributed by atoms with Crippen LogP contribution in [0.4, 0.5) is 0 Å². The van der Waals surface area contributed by atoms with E-state index in [-0.39, 0.29) is 24.0 Å². The van der Waals surface area contributed by atoms with Gasteiger partial charge >= 0.3 is 0 Å². The minimum atomic E-state index is 0. The van der Waals surface area contributed by atoms with Gasteiger partial charge in [0.25, 0.3) is 0 Å². The zero-order valence-electron chi connectivity index (χ0n) is 18.8. The van der Waals surface area contributed by atoms with Crippen molar-refractivity contribution in [2.75, 3.05) is 32.8 Å². The molecule has 31 heavy (non-hydrogen) atoms. The monoisotopic (exact) mass is 543 g/mol. The van der Waals surface area contributed by atoms with Gasteiger partial charge in [0.15, 0.2) is 5.96 Å². The molecule has 0 radical (unpaired) electrons. The minimum Gasteiger partial charge on any atom is -0.490 e. The van der Waals surface area contributed by atoms with Gasteiger partial charge in [0.1, 0.15) is 5.75 Å². The lowest BCUT2D eigenvalue weighted by molar-refractivity contribution is -0.0367.